The van der Waals surface area contributed by atoms with E-state index < -0.39 is 0 Å². The molecular weight excluding hydrogens is 508 g/mol. The summed E-state index contributed by atoms with van der Waals surface area (Å²) in [5.74, 6) is 0.954. The number of hydrogen-bond acceptors (Lipinski definition) is 1. The summed E-state index contributed by atoms with van der Waals surface area (Å²) >= 11 is 0. The lowest BCUT2D eigenvalue weighted by Crippen LogP contribution is -1.98. The lowest BCUT2D eigenvalue weighted by Gasteiger charge is -2.20. The number of hydrogen-bond donors (Lipinski definition) is 0. The average Bonchev–Trinajstić information content (AvgIpc) is 3.44. The van der Waals surface area contributed by atoms with E-state index in [1.807, 2.05) is 0 Å². The normalized spacial score (nSPS) is 13.2. The molecule has 0 amide bonds. The largest absolute Gasteiger partial charge is 0.292 e. The zero-order valence-corrected chi connectivity index (χ0v) is 23.6. The van der Waals surface area contributed by atoms with Gasteiger partial charge >= 0.3 is 0 Å². The first-order valence-electron chi connectivity index (χ1n) is 14.7. The van der Waals surface area contributed by atoms with Crippen molar-refractivity contribution in [3.63, 3.8) is 0 Å². The maximum atomic E-state index is 5.04. The number of imidazole rings is 1. The number of allylic oxidation sites excluding steroid dienone is 4. The highest BCUT2D eigenvalue weighted by atomic mass is 15.1. The summed E-state index contributed by atoms with van der Waals surface area (Å²) in [6.07, 6.45) is 8.94. The van der Waals surface area contributed by atoms with Crippen LogP contribution in [0.1, 0.15) is 24.0 Å². The molecule has 0 saturated heterocycles. The van der Waals surface area contributed by atoms with Crippen LogP contribution >= 0.6 is 0 Å². The van der Waals surface area contributed by atoms with Gasteiger partial charge in [-0.2, -0.15) is 0 Å². The summed E-state index contributed by atoms with van der Waals surface area (Å²) in [7, 11) is 0. The molecule has 0 unspecified atom stereocenters. The number of aryl methyl sites for hydroxylation is 1. The third-order valence-electron chi connectivity index (χ3n) is 8.52. The SMILES string of the molecule is Cc1ccc2c(C3=CC=CCC3)c3ccccc3c(-c3ccc(-n4c(-c5ccccc5)nc5ccccc54)cc3)c2c1. The van der Waals surface area contributed by atoms with Crippen molar-refractivity contribution in [1.82, 2.24) is 9.55 Å². The van der Waals surface area contributed by atoms with Crippen LogP contribution in [0, 0.1) is 6.92 Å². The molecule has 0 N–H and O–H groups in total. The van der Waals surface area contributed by atoms with Crippen LogP contribution < -0.4 is 0 Å². The molecule has 0 fully saturated rings. The summed E-state index contributed by atoms with van der Waals surface area (Å²) in [4.78, 5) is 5.04. The summed E-state index contributed by atoms with van der Waals surface area (Å²) in [6.45, 7) is 2.19. The van der Waals surface area contributed by atoms with Gasteiger partial charge in [-0.15, -0.1) is 0 Å². The molecule has 0 atom stereocenters. The summed E-state index contributed by atoms with van der Waals surface area (Å²) in [6, 6.07) is 43.8. The second kappa shape index (κ2) is 10.0. The zero-order chi connectivity index (χ0) is 28.0. The topological polar surface area (TPSA) is 17.8 Å². The molecular formula is C40H30N2. The molecule has 200 valence electrons. The Kier molecular flexibility index (Phi) is 5.86. The molecule has 8 rings (SSSR count). The molecule has 1 aromatic heterocycles. The second-order valence-corrected chi connectivity index (χ2v) is 11.2. The minimum absolute atomic E-state index is 0.954. The van der Waals surface area contributed by atoms with E-state index in [0.717, 1.165) is 41.0 Å². The van der Waals surface area contributed by atoms with Gasteiger partial charge in [0.15, 0.2) is 0 Å². The Morgan fingerprint density at radius 1 is 0.619 bits per heavy atom. The molecule has 0 saturated carbocycles. The van der Waals surface area contributed by atoms with Gasteiger partial charge in [-0.05, 0) is 87.8 Å². The molecule has 1 aliphatic rings. The van der Waals surface area contributed by atoms with E-state index >= 15 is 0 Å². The molecule has 2 heteroatoms. The molecule has 1 aliphatic carbocycles. The minimum atomic E-state index is 0.954. The van der Waals surface area contributed by atoms with E-state index in [2.05, 4.69) is 151 Å². The third kappa shape index (κ3) is 3.99. The highest BCUT2D eigenvalue weighted by molar-refractivity contribution is 6.19. The fourth-order valence-corrected chi connectivity index (χ4v) is 6.61. The number of rotatable bonds is 4. The molecule has 0 radical (unpaired) electrons. The predicted octanol–water partition coefficient (Wildman–Crippen LogP) is 10.7. The summed E-state index contributed by atoms with van der Waals surface area (Å²) in [5, 5.41) is 5.25. The number of aromatic nitrogens is 2. The van der Waals surface area contributed by atoms with Gasteiger partial charge in [-0.3, -0.25) is 4.57 Å². The Bertz CT molecular complexity index is 2180. The van der Waals surface area contributed by atoms with Gasteiger partial charge < -0.3 is 0 Å². The van der Waals surface area contributed by atoms with Gasteiger partial charge in [0.1, 0.15) is 5.82 Å². The Morgan fingerprint density at radius 2 is 1.33 bits per heavy atom. The Morgan fingerprint density at radius 3 is 2.12 bits per heavy atom. The first-order valence-corrected chi connectivity index (χ1v) is 14.7. The highest BCUT2D eigenvalue weighted by Crippen LogP contribution is 2.44. The van der Waals surface area contributed by atoms with E-state index in [9.17, 15) is 0 Å². The smallest absolute Gasteiger partial charge is 0.145 e. The Balaban J connectivity index is 1.36. The lowest BCUT2D eigenvalue weighted by molar-refractivity contribution is 1.06. The summed E-state index contributed by atoms with van der Waals surface area (Å²) < 4.78 is 2.28. The summed E-state index contributed by atoms with van der Waals surface area (Å²) in [5.41, 5.74) is 10.9. The van der Waals surface area contributed by atoms with Gasteiger partial charge in [-0.1, -0.05) is 121 Å². The lowest BCUT2D eigenvalue weighted by atomic mass is 9.83. The molecule has 42 heavy (non-hydrogen) atoms. The van der Waals surface area contributed by atoms with Crippen LogP contribution in [0.4, 0.5) is 0 Å². The van der Waals surface area contributed by atoms with Crippen molar-refractivity contribution in [2.45, 2.75) is 19.8 Å². The predicted molar refractivity (Wildman–Crippen MR) is 178 cm³/mol. The molecule has 0 spiro atoms. The first-order chi connectivity index (χ1) is 20.8. The van der Waals surface area contributed by atoms with Gasteiger partial charge in [0.25, 0.3) is 0 Å². The van der Waals surface area contributed by atoms with Gasteiger partial charge in [-0.25, -0.2) is 4.98 Å². The van der Waals surface area contributed by atoms with Crippen molar-refractivity contribution in [3.8, 4) is 28.2 Å². The standard InChI is InChI=1S/C40H30N2/c1-27-20-25-34-35(26-27)39(33-17-9-8-16-32(33)38(34)28-12-4-2-5-13-28)29-21-23-31(24-22-29)42-37-19-11-10-18-36(37)41-40(42)30-14-6-3-7-15-30/h2-4,6-12,14-26H,5,13H2,1H3. The van der Waals surface area contributed by atoms with Crippen molar-refractivity contribution in [3.05, 3.63) is 151 Å². The van der Waals surface area contributed by atoms with E-state index in [4.69, 9.17) is 4.98 Å². The fourth-order valence-electron chi connectivity index (χ4n) is 6.61. The van der Waals surface area contributed by atoms with Crippen LogP contribution in [-0.4, -0.2) is 9.55 Å². The van der Waals surface area contributed by atoms with Crippen LogP contribution in [0.2, 0.25) is 0 Å². The van der Waals surface area contributed by atoms with Crippen molar-refractivity contribution in [2.75, 3.05) is 0 Å². The van der Waals surface area contributed by atoms with Crippen LogP contribution in [-0.2, 0) is 0 Å². The van der Waals surface area contributed by atoms with Crippen molar-refractivity contribution >= 4 is 38.2 Å². The maximum absolute atomic E-state index is 5.04. The van der Waals surface area contributed by atoms with E-state index in [1.54, 1.807) is 0 Å². The highest BCUT2D eigenvalue weighted by Gasteiger charge is 2.19. The zero-order valence-electron chi connectivity index (χ0n) is 23.6. The number of nitrogens with zero attached hydrogens (tertiary/aromatic N) is 2. The quantitative estimate of drug-likeness (QED) is 0.204. The van der Waals surface area contributed by atoms with E-state index in [-0.39, 0.29) is 0 Å². The maximum Gasteiger partial charge on any atom is 0.145 e. The molecule has 6 aromatic carbocycles. The van der Waals surface area contributed by atoms with Crippen LogP contribution in [0.25, 0.3) is 66.4 Å². The molecule has 0 aliphatic heterocycles. The molecule has 7 aromatic rings. The monoisotopic (exact) mass is 538 g/mol. The molecule has 2 nitrogen and oxygen atoms in total. The van der Waals surface area contributed by atoms with Crippen molar-refractivity contribution in [1.29, 1.82) is 0 Å². The minimum Gasteiger partial charge on any atom is -0.292 e. The van der Waals surface area contributed by atoms with Gasteiger partial charge in [0.2, 0.25) is 0 Å². The first kappa shape index (κ1) is 24.6. The number of para-hydroxylation sites is 2. The van der Waals surface area contributed by atoms with E-state index in [1.165, 1.54) is 49.4 Å². The van der Waals surface area contributed by atoms with Crippen LogP contribution in [0.3, 0.4) is 0 Å². The van der Waals surface area contributed by atoms with Crippen molar-refractivity contribution in [2.24, 2.45) is 0 Å². The fraction of sp³-hybridized carbons (Fsp3) is 0.0750. The number of benzene rings is 6. The van der Waals surface area contributed by atoms with Crippen molar-refractivity contribution < 1.29 is 0 Å². The van der Waals surface area contributed by atoms with E-state index in [0.29, 0.717) is 0 Å². The van der Waals surface area contributed by atoms with Crippen LogP contribution in [0.15, 0.2) is 140 Å². The molecule has 0 bridgehead atoms. The Labute approximate surface area is 245 Å². The average molecular weight is 539 g/mol. The Hall–Kier alpha value is -5.21. The van der Waals surface area contributed by atoms with Gasteiger partial charge in [0, 0.05) is 11.3 Å². The molecule has 1 heterocycles. The van der Waals surface area contributed by atoms with Gasteiger partial charge in [0.05, 0.1) is 11.0 Å². The second-order valence-electron chi connectivity index (χ2n) is 11.2. The van der Waals surface area contributed by atoms with Crippen LogP contribution in [0.5, 0.6) is 0 Å². The number of fused-ring (bicyclic) bond motifs is 3. The third-order valence-corrected chi connectivity index (χ3v) is 8.52.